The van der Waals surface area contributed by atoms with Crippen molar-refractivity contribution in [1.29, 1.82) is 0 Å². The van der Waals surface area contributed by atoms with Gasteiger partial charge in [-0.1, -0.05) is 42.5 Å². The topological polar surface area (TPSA) is 93.3 Å². The predicted molar refractivity (Wildman–Crippen MR) is 105 cm³/mol. The summed E-state index contributed by atoms with van der Waals surface area (Å²) < 4.78 is 23.8. The van der Waals surface area contributed by atoms with Gasteiger partial charge in [0.05, 0.1) is 30.3 Å². The number of aromatic nitrogens is 2. The summed E-state index contributed by atoms with van der Waals surface area (Å²) >= 11 is 0. The second-order valence-electron chi connectivity index (χ2n) is 5.77. The molecular formula is C19H22N3O4P. The lowest BCUT2D eigenvalue weighted by atomic mass is 10.0. The SMILES string of the molecule is CCOP(=O)(N[C@@H](c1ccccc1)c1nc2ccccc2[nH]c1=O)OCC. The Bertz CT molecular complexity index is 997. The fraction of sp³-hybridized carbons (Fsp3) is 0.263. The van der Waals surface area contributed by atoms with Crippen molar-refractivity contribution < 1.29 is 13.6 Å². The quantitative estimate of drug-likeness (QED) is 0.572. The Labute approximate surface area is 157 Å². The Kier molecular flexibility index (Phi) is 6.19. The fourth-order valence-corrected chi connectivity index (χ4v) is 4.28. The van der Waals surface area contributed by atoms with Crippen molar-refractivity contribution in [1.82, 2.24) is 15.1 Å². The van der Waals surface area contributed by atoms with Crippen LogP contribution in [0.5, 0.6) is 0 Å². The molecule has 0 saturated heterocycles. The van der Waals surface area contributed by atoms with Crippen molar-refractivity contribution in [3.63, 3.8) is 0 Å². The maximum atomic E-state index is 13.0. The summed E-state index contributed by atoms with van der Waals surface area (Å²) in [6.45, 7) is 3.86. The first kappa shape index (κ1) is 19.5. The van der Waals surface area contributed by atoms with Gasteiger partial charge in [0.25, 0.3) is 5.56 Å². The third kappa shape index (κ3) is 4.51. The van der Waals surface area contributed by atoms with Gasteiger partial charge in [0.2, 0.25) is 0 Å². The number of nitrogens with zero attached hydrogens (tertiary/aromatic N) is 1. The van der Waals surface area contributed by atoms with Gasteiger partial charge in [-0.2, -0.15) is 0 Å². The zero-order chi connectivity index (χ0) is 19.3. The summed E-state index contributed by atoms with van der Waals surface area (Å²) in [6.07, 6.45) is 0. The van der Waals surface area contributed by atoms with Gasteiger partial charge in [-0.05, 0) is 31.5 Å². The van der Waals surface area contributed by atoms with Crippen LogP contribution in [0.4, 0.5) is 0 Å². The van der Waals surface area contributed by atoms with E-state index in [4.69, 9.17) is 9.05 Å². The van der Waals surface area contributed by atoms with E-state index in [0.717, 1.165) is 5.56 Å². The summed E-state index contributed by atoms with van der Waals surface area (Å²) in [5.41, 5.74) is 1.83. The van der Waals surface area contributed by atoms with Crippen molar-refractivity contribution in [3.05, 3.63) is 76.2 Å². The molecule has 3 aromatic rings. The second kappa shape index (κ2) is 8.59. The molecule has 0 aliphatic heterocycles. The largest absolute Gasteiger partial charge is 0.406 e. The van der Waals surface area contributed by atoms with Gasteiger partial charge in [0.1, 0.15) is 5.69 Å². The second-order valence-corrected chi connectivity index (χ2v) is 7.54. The molecule has 8 heteroatoms. The van der Waals surface area contributed by atoms with Crippen LogP contribution in [-0.4, -0.2) is 23.2 Å². The van der Waals surface area contributed by atoms with E-state index in [9.17, 15) is 9.36 Å². The molecule has 0 aliphatic carbocycles. The van der Waals surface area contributed by atoms with Crippen molar-refractivity contribution in [2.24, 2.45) is 0 Å². The highest BCUT2D eigenvalue weighted by atomic mass is 31.2. The van der Waals surface area contributed by atoms with Gasteiger partial charge < -0.3 is 4.98 Å². The maximum absolute atomic E-state index is 13.0. The minimum Gasteiger partial charge on any atom is -0.319 e. The van der Waals surface area contributed by atoms with Crippen molar-refractivity contribution in [2.45, 2.75) is 19.9 Å². The highest BCUT2D eigenvalue weighted by Crippen LogP contribution is 2.46. The van der Waals surface area contributed by atoms with Gasteiger partial charge >= 0.3 is 7.75 Å². The summed E-state index contributed by atoms with van der Waals surface area (Å²) in [5, 5.41) is 2.90. The van der Waals surface area contributed by atoms with E-state index in [2.05, 4.69) is 15.1 Å². The lowest BCUT2D eigenvalue weighted by Gasteiger charge is -2.24. The molecule has 0 aliphatic rings. The standard InChI is InChI=1S/C19H22N3O4P/c1-3-25-27(24,26-4-2)22-17(14-10-6-5-7-11-14)18-19(23)21-16-13-9-8-12-15(16)20-18/h5-13,17H,3-4H2,1-2H3,(H,21,23)(H,22,24)/t17-/m0/s1. The van der Waals surface area contributed by atoms with Gasteiger partial charge in [0.15, 0.2) is 0 Å². The van der Waals surface area contributed by atoms with Gasteiger partial charge in [-0.3, -0.25) is 13.8 Å². The van der Waals surface area contributed by atoms with Crippen LogP contribution in [0.1, 0.15) is 31.1 Å². The molecule has 1 aromatic heterocycles. The zero-order valence-corrected chi connectivity index (χ0v) is 16.1. The molecule has 1 heterocycles. The first-order valence-corrected chi connectivity index (χ1v) is 10.3. The summed E-state index contributed by atoms with van der Waals surface area (Å²) in [7, 11) is -3.63. The van der Waals surface area contributed by atoms with E-state index >= 15 is 0 Å². The number of aromatic amines is 1. The number of fused-ring (bicyclic) bond motifs is 1. The third-order valence-corrected chi connectivity index (χ3v) is 5.69. The monoisotopic (exact) mass is 387 g/mol. The molecule has 3 rings (SSSR count). The Morgan fingerprint density at radius 3 is 2.33 bits per heavy atom. The first-order chi connectivity index (χ1) is 13.1. The molecule has 0 amide bonds. The first-order valence-electron chi connectivity index (χ1n) is 8.77. The maximum Gasteiger partial charge on any atom is 0.406 e. The fourth-order valence-electron chi connectivity index (χ4n) is 2.79. The Balaban J connectivity index is 2.12. The average Bonchev–Trinajstić information content (AvgIpc) is 2.67. The minimum absolute atomic E-state index is 0.194. The van der Waals surface area contributed by atoms with Crippen LogP contribution in [0, 0.1) is 0 Å². The molecular weight excluding hydrogens is 365 g/mol. The lowest BCUT2D eigenvalue weighted by Crippen LogP contribution is -2.29. The number of hydrogen-bond acceptors (Lipinski definition) is 5. The number of nitrogens with one attached hydrogen (secondary N) is 2. The van der Waals surface area contributed by atoms with E-state index in [1.807, 2.05) is 48.5 Å². The molecule has 0 unspecified atom stereocenters. The summed E-state index contributed by atoms with van der Waals surface area (Å²) in [4.78, 5) is 20.1. The van der Waals surface area contributed by atoms with Crippen LogP contribution in [-0.2, 0) is 13.6 Å². The molecule has 0 spiro atoms. The molecule has 0 saturated carbocycles. The summed E-state index contributed by atoms with van der Waals surface area (Å²) in [5.74, 6) is 0. The number of para-hydroxylation sites is 2. The normalized spacial score (nSPS) is 13.0. The van der Waals surface area contributed by atoms with Crippen molar-refractivity contribution in [3.8, 4) is 0 Å². The molecule has 2 N–H and O–H groups in total. The van der Waals surface area contributed by atoms with E-state index < -0.39 is 13.8 Å². The average molecular weight is 387 g/mol. The lowest BCUT2D eigenvalue weighted by molar-refractivity contribution is 0.208. The van der Waals surface area contributed by atoms with E-state index in [1.54, 1.807) is 19.9 Å². The molecule has 1 atom stereocenters. The van der Waals surface area contributed by atoms with Crippen LogP contribution in [0.3, 0.4) is 0 Å². The van der Waals surface area contributed by atoms with Gasteiger partial charge in [-0.25, -0.2) is 14.6 Å². The van der Waals surface area contributed by atoms with Crippen LogP contribution >= 0.6 is 7.75 Å². The van der Waals surface area contributed by atoms with Gasteiger partial charge in [-0.15, -0.1) is 0 Å². The highest BCUT2D eigenvalue weighted by molar-refractivity contribution is 7.51. The van der Waals surface area contributed by atoms with Gasteiger partial charge in [0, 0.05) is 0 Å². The molecule has 142 valence electrons. The number of H-pyrrole nitrogens is 1. The molecule has 27 heavy (non-hydrogen) atoms. The zero-order valence-electron chi connectivity index (χ0n) is 15.2. The smallest absolute Gasteiger partial charge is 0.319 e. The molecule has 2 aromatic carbocycles. The van der Waals surface area contributed by atoms with E-state index in [-0.39, 0.29) is 24.5 Å². The number of rotatable bonds is 8. The Hall–Kier alpha value is -2.31. The molecule has 7 nitrogen and oxygen atoms in total. The van der Waals surface area contributed by atoms with Crippen LogP contribution in [0.25, 0.3) is 11.0 Å². The Morgan fingerprint density at radius 1 is 1.04 bits per heavy atom. The van der Waals surface area contributed by atoms with E-state index in [1.165, 1.54) is 0 Å². The van der Waals surface area contributed by atoms with Crippen molar-refractivity contribution in [2.75, 3.05) is 13.2 Å². The van der Waals surface area contributed by atoms with Crippen LogP contribution in [0.15, 0.2) is 59.4 Å². The minimum atomic E-state index is -3.63. The van der Waals surface area contributed by atoms with Crippen LogP contribution in [0.2, 0.25) is 0 Å². The predicted octanol–water partition coefficient (Wildman–Crippen LogP) is 3.78. The molecule has 0 radical (unpaired) electrons. The molecule has 0 fully saturated rings. The molecule has 0 bridgehead atoms. The van der Waals surface area contributed by atoms with Crippen molar-refractivity contribution >= 4 is 18.8 Å². The van der Waals surface area contributed by atoms with Crippen LogP contribution < -0.4 is 10.6 Å². The summed E-state index contributed by atoms with van der Waals surface area (Å²) in [6, 6.07) is 15.7. The number of hydrogen-bond donors (Lipinski definition) is 2. The third-order valence-electron chi connectivity index (χ3n) is 3.92. The Morgan fingerprint density at radius 2 is 1.67 bits per heavy atom. The highest BCUT2D eigenvalue weighted by Gasteiger charge is 2.31. The van der Waals surface area contributed by atoms with E-state index in [0.29, 0.717) is 11.0 Å². The number of benzene rings is 2.